The van der Waals surface area contributed by atoms with E-state index in [1.807, 2.05) is 0 Å². The van der Waals surface area contributed by atoms with Gasteiger partial charge in [-0.25, -0.2) is 15.1 Å². The van der Waals surface area contributed by atoms with Gasteiger partial charge in [-0.05, 0) is 12.1 Å². The Hall–Kier alpha value is -2.04. The first-order valence-corrected chi connectivity index (χ1v) is 3.69. The van der Waals surface area contributed by atoms with Gasteiger partial charge in [-0.15, -0.1) is 0 Å². The van der Waals surface area contributed by atoms with Crippen LogP contribution in [0.3, 0.4) is 0 Å². The number of aromatic nitrogens is 4. The van der Waals surface area contributed by atoms with E-state index in [0.29, 0.717) is 11.5 Å². The normalized spacial score (nSPS) is 9.85. The second-order valence-electron chi connectivity index (χ2n) is 2.38. The Bertz CT molecular complexity index is 431. The first-order chi connectivity index (χ1) is 6.36. The van der Waals surface area contributed by atoms with Crippen molar-refractivity contribution in [2.45, 2.75) is 0 Å². The van der Waals surface area contributed by atoms with Gasteiger partial charge < -0.3 is 0 Å². The Kier molecular flexibility index (Phi) is 1.84. The summed E-state index contributed by atoms with van der Waals surface area (Å²) in [6, 6.07) is 4.68. The molecule has 5 nitrogen and oxygen atoms in total. The molecule has 0 atom stereocenters. The molecule has 0 spiro atoms. The van der Waals surface area contributed by atoms with Gasteiger partial charge in [0.05, 0.1) is 0 Å². The van der Waals surface area contributed by atoms with Crippen LogP contribution in [0.5, 0.6) is 0 Å². The smallest absolute Gasteiger partial charge is 0.264 e. The summed E-state index contributed by atoms with van der Waals surface area (Å²) in [6.07, 6.45) is 3.24. The number of hydrogen-bond donors (Lipinski definition) is 1. The predicted molar refractivity (Wildman–Crippen MR) is 45.9 cm³/mol. The van der Waals surface area contributed by atoms with Crippen LogP contribution in [0, 0.1) is 0 Å². The standard InChI is InChI=1S/C8H6N4O/c13-7-3-2-6(11-12-7)8-9-4-1-5-10-8/h1-5H,(H,12,13). The molecule has 0 bridgehead atoms. The third-order valence-corrected chi connectivity index (χ3v) is 1.47. The van der Waals surface area contributed by atoms with Crippen LogP contribution >= 0.6 is 0 Å². The van der Waals surface area contributed by atoms with Crippen LogP contribution in [0.4, 0.5) is 0 Å². The number of H-pyrrole nitrogens is 1. The summed E-state index contributed by atoms with van der Waals surface area (Å²) in [7, 11) is 0. The molecule has 0 saturated carbocycles. The van der Waals surface area contributed by atoms with E-state index in [1.165, 1.54) is 6.07 Å². The zero-order valence-corrected chi connectivity index (χ0v) is 6.64. The van der Waals surface area contributed by atoms with Crippen LogP contribution in [0.2, 0.25) is 0 Å². The summed E-state index contributed by atoms with van der Waals surface area (Å²) < 4.78 is 0. The van der Waals surface area contributed by atoms with Gasteiger partial charge in [-0.2, -0.15) is 5.10 Å². The molecule has 0 fully saturated rings. The van der Waals surface area contributed by atoms with Gasteiger partial charge >= 0.3 is 0 Å². The van der Waals surface area contributed by atoms with Gasteiger partial charge in [0, 0.05) is 18.5 Å². The molecule has 0 aromatic carbocycles. The van der Waals surface area contributed by atoms with Gasteiger partial charge in [0.15, 0.2) is 5.82 Å². The van der Waals surface area contributed by atoms with Gasteiger partial charge in [-0.3, -0.25) is 4.79 Å². The zero-order chi connectivity index (χ0) is 9.10. The summed E-state index contributed by atoms with van der Waals surface area (Å²) in [5.41, 5.74) is 0.319. The summed E-state index contributed by atoms with van der Waals surface area (Å²) in [5, 5.41) is 6.10. The number of hydrogen-bond acceptors (Lipinski definition) is 4. The van der Waals surface area contributed by atoms with Crippen molar-refractivity contribution in [2.24, 2.45) is 0 Å². The van der Waals surface area contributed by atoms with Gasteiger partial charge in [-0.1, -0.05) is 0 Å². The molecule has 0 unspecified atom stereocenters. The minimum Gasteiger partial charge on any atom is -0.268 e. The molecule has 2 rings (SSSR count). The summed E-state index contributed by atoms with van der Waals surface area (Å²) in [6.45, 7) is 0. The van der Waals surface area contributed by atoms with Crippen LogP contribution in [0.25, 0.3) is 11.5 Å². The van der Waals surface area contributed by atoms with E-state index < -0.39 is 0 Å². The van der Waals surface area contributed by atoms with Crippen LogP contribution in [-0.2, 0) is 0 Å². The second kappa shape index (κ2) is 3.14. The van der Waals surface area contributed by atoms with E-state index in [1.54, 1.807) is 24.5 Å². The van der Waals surface area contributed by atoms with Crippen molar-refractivity contribution in [2.75, 3.05) is 0 Å². The number of rotatable bonds is 1. The van der Waals surface area contributed by atoms with Gasteiger partial charge in [0.1, 0.15) is 5.69 Å². The Morgan fingerprint density at radius 1 is 1.15 bits per heavy atom. The van der Waals surface area contributed by atoms with Crippen molar-refractivity contribution in [1.29, 1.82) is 0 Å². The number of aromatic amines is 1. The topological polar surface area (TPSA) is 71.5 Å². The summed E-state index contributed by atoms with van der Waals surface area (Å²) in [5.74, 6) is 0.499. The lowest BCUT2D eigenvalue weighted by Gasteiger charge is -1.94. The highest BCUT2D eigenvalue weighted by Crippen LogP contribution is 2.05. The fraction of sp³-hybridized carbons (Fsp3) is 0. The van der Waals surface area contributed by atoms with Crippen molar-refractivity contribution in [3.63, 3.8) is 0 Å². The first kappa shape index (κ1) is 7.60. The van der Waals surface area contributed by atoms with E-state index in [0.717, 1.165) is 0 Å². The van der Waals surface area contributed by atoms with Crippen molar-refractivity contribution < 1.29 is 0 Å². The molecule has 2 aromatic rings. The van der Waals surface area contributed by atoms with Crippen LogP contribution < -0.4 is 5.56 Å². The minimum atomic E-state index is -0.236. The maximum absolute atomic E-state index is 10.7. The third-order valence-electron chi connectivity index (χ3n) is 1.47. The lowest BCUT2D eigenvalue weighted by Crippen LogP contribution is -2.06. The van der Waals surface area contributed by atoms with Crippen LogP contribution in [-0.4, -0.2) is 20.2 Å². The SMILES string of the molecule is O=c1ccc(-c2ncccn2)n[nH]1. The molecule has 2 heterocycles. The van der Waals surface area contributed by atoms with Crippen molar-refractivity contribution in [1.82, 2.24) is 20.2 Å². The molecule has 2 aromatic heterocycles. The van der Waals surface area contributed by atoms with E-state index in [-0.39, 0.29) is 5.56 Å². The lowest BCUT2D eigenvalue weighted by atomic mass is 10.4. The van der Waals surface area contributed by atoms with Crippen LogP contribution in [0.15, 0.2) is 35.4 Å². The fourth-order valence-corrected chi connectivity index (χ4v) is 0.900. The molecule has 0 radical (unpaired) electrons. The number of nitrogens with zero attached hydrogens (tertiary/aromatic N) is 3. The zero-order valence-electron chi connectivity index (χ0n) is 6.64. The molecular formula is C8H6N4O. The highest BCUT2D eigenvalue weighted by Gasteiger charge is 1.99. The van der Waals surface area contributed by atoms with E-state index in [2.05, 4.69) is 20.2 Å². The molecule has 1 N–H and O–H groups in total. The van der Waals surface area contributed by atoms with Crippen molar-refractivity contribution >= 4 is 0 Å². The van der Waals surface area contributed by atoms with E-state index >= 15 is 0 Å². The maximum Gasteiger partial charge on any atom is 0.264 e. The van der Waals surface area contributed by atoms with E-state index in [4.69, 9.17) is 0 Å². The third kappa shape index (κ3) is 1.58. The molecule has 0 amide bonds. The number of nitrogens with one attached hydrogen (secondary N) is 1. The molecule has 0 aliphatic rings. The molecule has 0 saturated heterocycles. The van der Waals surface area contributed by atoms with Gasteiger partial charge in [0.2, 0.25) is 0 Å². The summed E-state index contributed by atoms with van der Waals surface area (Å²) >= 11 is 0. The molecule has 64 valence electrons. The maximum atomic E-state index is 10.7. The highest BCUT2D eigenvalue weighted by molar-refractivity contribution is 5.46. The Morgan fingerprint density at radius 2 is 1.92 bits per heavy atom. The quantitative estimate of drug-likeness (QED) is 0.671. The summed E-state index contributed by atoms with van der Waals surface area (Å²) in [4.78, 5) is 18.7. The van der Waals surface area contributed by atoms with Crippen LogP contribution in [0.1, 0.15) is 0 Å². The fourth-order valence-electron chi connectivity index (χ4n) is 0.900. The molecule has 5 heteroatoms. The second-order valence-corrected chi connectivity index (χ2v) is 2.38. The average Bonchev–Trinajstić information content (AvgIpc) is 2.20. The molecule has 0 aliphatic heterocycles. The predicted octanol–water partition coefficient (Wildman–Crippen LogP) is 0.227. The van der Waals surface area contributed by atoms with E-state index in [9.17, 15) is 4.79 Å². The molecule has 0 aliphatic carbocycles. The van der Waals surface area contributed by atoms with Crippen molar-refractivity contribution in [3.8, 4) is 11.5 Å². The molecule has 13 heavy (non-hydrogen) atoms. The largest absolute Gasteiger partial charge is 0.268 e. The average molecular weight is 174 g/mol. The Morgan fingerprint density at radius 3 is 2.54 bits per heavy atom. The first-order valence-electron chi connectivity index (χ1n) is 3.69. The minimum absolute atomic E-state index is 0.236. The Balaban J connectivity index is 2.48. The Labute approximate surface area is 73.5 Å². The highest BCUT2D eigenvalue weighted by atomic mass is 16.1. The lowest BCUT2D eigenvalue weighted by molar-refractivity contribution is 0.976. The van der Waals surface area contributed by atoms with Gasteiger partial charge in [0.25, 0.3) is 5.56 Å². The molecular weight excluding hydrogens is 168 g/mol. The van der Waals surface area contributed by atoms with Crippen molar-refractivity contribution in [3.05, 3.63) is 40.9 Å². The monoisotopic (exact) mass is 174 g/mol.